The highest BCUT2D eigenvalue weighted by Crippen LogP contribution is 2.37. The highest BCUT2D eigenvalue weighted by Gasteiger charge is 2.48. The van der Waals surface area contributed by atoms with E-state index in [9.17, 15) is 9.59 Å². The van der Waals surface area contributed by atoms with Crippen LogP contribution in [0.1, 0.15) is 31.2 Å². The smallest absolute Gasteiger partial charge is 0.253 e. The van der Waals surface area contributed by atoms with Crippen molar-refractivity contribution >= 4 is 29.1 Å². The Kier molecular flexibility index (Phi) is 3.21. The summed E-state index contributed by atoms with van der Waals surface area (Å²) in [6, 6.07) is 5.53. The number of nitrogens with zero attached hydrogens (tertiary/aromatic N) is 1. The minimum absolute atomic E-state index is 0.0258. The van der Waals surface area contributed by atoms with Crippen LogP contribution in [0.3, 0.4) is 0 Å². The molecule has 0 radical (unpaired) electrons. The van der Waals surface area contributed by atoms with Crippen LogP contribution >= 0.6 is 11.6 Å². The van der Waals surface area contributed by atoms with E-state index in [4.69, 9.17) is 11.6 Å². The number of carbonyl (C=O) groups excluding carboxylic acids is 2. The van der Waals surface area contributed by atoms with Gasteiger partial charge in [0.25, 0.3) is 5.91 Å². The van der Waals surface area contributed by atoms with E-state index in [1.807, 2.05) is 19.1 Å². The quantitative estimate of drug-likeness (QED) is 0.864. The lowest BCUT2D eigenvalue weighted by molar-refractivity contribution is -0.135. The summed E-state index contributed by atoms with van der Waals surface area (Å²) >= 11 is 6.21. The lowest BCUT2D eigenvalue weighted by Crippen LogP contribution is -2.65. The summed E-state index contributed by atoms with van der Waals surface area (Å²) < 4.78 is 0. The molecule has 0 unspecified atom stereocenters. The summed E-state index contributed by atoms with van der Waals surface area (Å²) in [5.74, 6) is -0.133. The second kappa shape index (κ2) is 4.77. The number of halogens is 1. The molecular formula is C15H17ClN2O2. The van der Waals surface area contributed by atoms with Gasteiger partial charge in [-0.3, -0.25) is 14.5 Å². The van der Waals surface area contributed by atoms with Crippen LogP contribution in [-0.4, -0.2) is 23.9 Å². The highest BCUT2D eigenvalue weighted by atomic mass is 35.5. The first-order chi connectivity index (χ1) is 9.52. The highest BCUT2D eigenvalue weighted by molar-refractivity contribution is 6.34. The zero-order chi connectivity index (χ0) is 14.3. The molecule has 0 aromatic heterocycles. The van der Waals surface area contributed by atoms with Crippen LogP contribution < -0.4 is 10.2 Å². The maximum absolute atomic E-state index is 12.8. The van der Waals surface area contributed by atoms with Gasteiger partial charge in [0.1, 0.15) is 12.1 Å². The number of amides is 2. The molecule has 2 amide bonds. The van der Waals surface area contributed by atoms with E-state index in [1.165, 1.54) is 0 Å². The van der Waals surface area contributed by atoms with E-state index < -0.39 is 5.54 Å². The third-order valence-corrected chi connectivity index (χ3v) is 4.50. The summed E-state index contributed by atoms with van der Waals surface area (Å²) in [6.45, 7) is 1.99. The summed E-state index contributed by atoms with van der Waals surface area (Å²) in [5, 5.41) is 3.41. The topological polar surface area (TPSA) is 49.4 Å². The Morgan fingerprint density at radius 2 is 1.95 bits per heavy atom. The Balaban J connectivity index is 2.02. The standard InChI is InChI=1S/C15H17ClN2O2/c1-10-4-5-11(16)12(8-10)18-9-13(19)17-15(14(18)20)6-2-3-7-15/h4-5,8H,2-3,6-7,9H2,1H3,(H,17,19). The van der Waals surface area contributed by atoms with Gasteiger partial charge in [-0.2, -0.15) is 0 Å². The summed E-state index contributed by atoms with van der Waals surface area (Å²) in [7, 11) is 0. The van der Waals surface area contributed by atoms with E-state index in [0.717, 1.165) is 31.2 Å². The Labute approximate surface area is 123 Å². The fourth-order valence-electron chi connectivity index (χ4n) is 3.18. The number of aryl methyl sites for hydroxylation is 1. The van der Waals surface area contributed by atoms with Gasteiger partial charge in [-0.05, 0) is 37.5 Å². The summed E-state index contributed by atoms with van der Waals surface area (Å²) in [6.07, 6.45) is 3.39. The zero-order valence-corrected chi connectivity index (χ0v) is 12.2. The molecule has 1 saturated heterocycles. The fraction of sp³-hybridized carbons (Fsp3) is 0.467. The average molecular weight is 293 g/mol. The molecule has 1 spiro atoms. The van der Waals surface area contributed by atoms with Gasteiger partial charge in [-0.25, -0.2) is 0 Å². The molecule has 4 nitrogen and oxygen atoms in total. The third kappa shape index (κ3) is 2.08. The predicted molar refractivity (Wildman–Crippen MR) is 77.9 cm³/mol. The van der Waals surface area contributed by atoms with Crippen molar-refractivity contribution < 1.29 is 9.59 Å². The van der Waals surface area contributed by atoms with Crippen molar-refractivity contribution in [1.29, 1.82) is 0 Å². The molecule has 1 aromatic rings. The number of carbonyl (C=O) groups is 2. The van der Waals surface area contributed by atoms with E-state index in [1.54, 1.807) is 11.0 Å². The zero-order valence-electron chi connectivity index (χ0n) is 11.4. The van der Waals surface area contributed by atoms with Crippen LogP contribution in [0.2, 0.25) is 5.02 Å². The Morgan fingerprint density at radius 3 is 2.65 bits per heavy atom. The maximum Gasteiger partial charge on any atom is 0.253 e. The van der Waals surface area contributed by atoms with E-state index >= 15 is 0 Å². The van der Waals surface area contributed by atoms with Gasteiger partial charge < -0.3 is 5.32 Å². The molecule has 1 N–H and O–H groups in total. The first-order valence-electron chi connectivity index (χ1n) is 6.91. The van der Waals surface area contributed by atoms with E-state index in [-0.39, 0.29) is 18.4 Å². The fourth-order valence-corrected chi connectivity index (χ4v) is 3.39. The summed E-state index contributed by atoms with van der Waals surface area (Å²) in [4.78, 5) is 26.4. The molecule has 5 heteroatoms. The second-order valence-electron chi connectivity index (χ2n) is 5.68. The molecule has 0 bridgehead atoms. The van der Waals surface area contributed by atoms with E-state index in [2.05, 4.69) is 5.32 Å². The minimum atomic E-state index is -0.706. The van der Waals surface area contributed by atoms with Crippen molar-refractivity contribution in [3.05, 3.63) is 28.8 Å². The molecule has 1 aliphatic heterocycles. The molecule has 2 aliphatic rings. The molecule has 1 heterocycles. The number of hydrogen-bond acceptors (Lipinski definition) is 2. The van der Waals surface area contributed by atoms with Crippen LogP contribution in [-0.2, 0) is 9.59 Å². The number of nitrogens with one attached hydrogen (secondary N) is 1. The normalized spacial score (nSPS) is 21.4. The van der Waals surface area contributed by atoms with Gasteiger partial charge in [0.05, 0.1) is 10.7 Å². The van der Waals surface area contributed by atoms with Crippen molar-refractivity contribution in [2.75, 3.05) is 11.4 Å². The van der Waals surface area contributed by atoms with Gasteiger partial charge in [-0.15, -0.1) is 0 Å². The number of rotatable bonds is 1. The van der Waals surface area contributed by atoms with E-state index in [0.29, 0.717) is 10.7 Å². The lowest BCUT2D eigenvalue weighted by Gasteiger charge is -2.40. The third-order valence-electron chi connectivity index (χ3n) is 4.18. The monoisotopic (exact) mass is 292 g/mol. The van der Waals surface area contributed by atoms with Gasteiger partial charge in [0.15, 0.2) is 0 Å². The molecule has 1 aromatic carbocycles. The first-order valence-corrected chi connectivity index (χ1v) is 7.29. The van der Waals surface area contributed by atoms with Gasteiger partial charge in [0.2, 0.25) is 5.91 Å². The minimum Gasteiger partial charge on any atom is -0.340 e. The molecule has 1 aliphatic carbocycles. The van der Waals surface area contributed by atoms with Crippen LogP contribution in [0, 0.1) is 6.92 Å². The molecule has 20 heavy (non-hydrogen) atoms. The Bertz CT molecular complexity index is 579. The van der Waals surface area contributed by atoms with Crippen molar-refractivity contribution in [2.45, 2.75) is 38.1 Å². The lowest BCUT2D eigenvalue weighted by atomic mass is 9.92. The van der Waals surface area contributed by atoms with Crippen LogP contribution in [0.4, 0.5) is 5.69 Å². The SMILES string of the molecule is Cc1ccc(Cl)c(N2CC(=O)NC3(CCCC3)C2=O)c1. The molecule has 1 saturated carbocycles. The number of anilines is 1. The first kappa shape index (κ1) is 13.4. The molecule has 0 atom stereocenters. The largest absolute Gasteiger partial charge is 0.340 e. The number of hydrogen-bond donors (Lipinski definition) is 1. The molecular weight excluding hydrogens is 276 g/mol. The molecule has 3 rings (SSSR count). The van der Waals surface area contributed by atoms with Crippen LogP contribution in [0.25, 0.3) is 0 Å². The molecule has 2 fully saturated rings. The van der Waals surface area contributed by atoms with Gasteiger partial charge in [0, 0.05) is 0 Å². The van der Waals surface area contributed by atoms with Crippen molar-refractivity contribution in [3.63, 3.8) is 0 Å². The average Bonchev–Trinajstić information content (AvgIpc) is 2.86. The maximum atomic E-state index is 12.8. The Hall–Kier alpha value is -1.55. The van der Waals surface area contributed by atoms with Gasteiger partial charge in [-0.1, -0.05) is 30.5 Å². The molecule has 106 valence electrons. The Morgan fingerprint density at radius 1 is 1.25 bits per heavy atom. The predicted octanol–water partition coefficient (Wildman–Crippen LogP) is 2.42. The van der Waals surface area contributed by atoms with Crippen LogP contribution in [0.15, 0.2) is 18.2 Å². The number of benzene rings is 1. The van der Waals surface area contributed by atoms with Crippen molar-refractivity contribution in [2.24, 2.45) is 0 Å². The number of piperazine rings is 1. The van der Waals surface area contributed by atoms with Crippen LogP contribution in [0.5, 0.6) is 0 Å². The summed E-state index contributed by atoms with van der Waals surface area (Å²) in [5.41, 5.74) is 0.948. The second-order valence-corrected chi connectivity index (χ2v) is 6.09. The van der Waals surface area contributed by atoms with Crippen molar-refractivity contribution in [1.82, 2.24) is 5.32 Å². The van der Waals surface area contributed by atoms with Gasteiger partial charge >= 0.3 is 0 Å². The van der Waals surface area contributed by atoms with Crippen molar-refractivity contribution in [3.8, 4) is 0 Å².